The Balaban J connectivity index is 1.30. The van der Waals surface area contributed by atoms with Crippen LogP contribution in [-0.2, 0) is 13.0 Å². The molecule has 1 atom stereocenters. The molecule has 1 N–H and O–H groups in total. The van der Waals surface area contributed by atoms with E-state index in [1.165, 1.54) is 11.1 Å². The van der Waals surface area contributed by atoms with Gasteiger partial charge in [-0.15, -0.1) is 10.2 Å². The molecule has 6 heteroatoms. The SMILES string of the molecule is Cc1nnc2n1C[C@H](c1cccc(C(=O)NCCOc3ccc(C(C)C)cc3)c1)CC2. The Bertz CT molecular complexity index is 1040. The van der Waals surface area contributed by atoms with Gasteiger partial charge in [-0.3, -0.25) is 4.79 Å². The lowest BCUT2D eigenvalue weighted by Gasteiger charge is -2.24. The number of benzene rings is 2. The average Bonchev–Trinajstić information content (AvgIpc) is 3.17. The van der Waals surface area contributed by atoms with E-state index in [4.69, 9.17) is 4.74 Å². The zero-order valence-corrected chi connectivity index (χ0v) is 18.5. The Labute approximate surface area is 183 Å². The van der Waals surface area contributed by atoms with Gasteiger partial charge in [0.1, 0.15) is 24.0 Å². The number of carbonyl (C=O) groups is 1. The molecule has 4 rings (SSSR count). The molecule has 0 saturated heterocycles. The summed E-state index contributed by atoms with van der Waals surface area (Å²) in [5.41, 5.74) is 3.16. The van der Waals surface area contributed by atoms with E-state index >= 15 is 0 Å². The van der Waals surface area contributed by atoms with Gasteiger partial charge in [-0.25, -0.2) is 0 Å². The van der Waals surface area contributed by atoms with Crippen molar-refractivity contribution in [2.75, 3.05) is 13.2 Å². The van der Waals surface area contributed by atoms with E-state index in [1.54, 1.807) is 0 Å². The van der Waals surface area contributed by atoms with E-state index in [-0.39, 0.29) is 5.91 Å². The number of fused-ring (bicyclic) bond motifs is 1. The van der Waals surface area contributed by atoms with Crippen LogP contribution in [0, 0.1) is 6.92 Å². The Kier molecular flexibility index (Phi) is 6.35. The zero-order valence-electron chi connectivity index (χ0n) is 18.5. The highest BCUT2D eigenvalue weighted by Gasteiger charge is 2.23. The van der Waals surface area contributed by atoms with Gasteiger partial charge in [-0.2, -0.15) is 0 Å². The molecular formula is C25H30N4O2. The molecule has 3 aromatic rings. The molecular weight excluding hydrogens is 388 g/mol. The summed E-state index contributed by atoms with van der Waals surface area (Å²) in [4.78, 5) is 12.6. The fourth-order valence-corrected chi connectivity index (χ4v) is 4.05. The third-order valence-electron chi connectivity index (χ3n) is 5.96. The average molecular weight is 419 g/mol. The van der Waals surface area contributed by atoms with Gasteiger partial charge in [0.25, 0.3) is 5.91 Å². The number of carbonyl (C=O) groups excluding carboxylic acids is 1. The van der Waals surface area contributed by atoms with Crippen molar-refractivity contribution >= 4 is 5.91 Å². The smallest absolute Gasteiger partial charge is 0.251 e. The number of ether oxygens (including phenoxy) is 1. The minimum Gasteiger partial charge on any atom is -0.492 e. The molecule has 0 aliphatic carbocycles. The first-order valence-electron chi connectivity index (χ1n) is 11.0. The third-order valence-corrected chi connectivity index (χ3v) is 5.96. The normalized spacial score (nSPS) is 15.5. The molecule has 0 bridgehead atoms. The largest absolute Gasteiger partial charge is 0.492 e. The quantitative estimate of drug-likeness (QED) is 0.583. The second kappa shape index (κ2) is 9.33. The maximum atomic E-state index is 12.6. The van der Waals surface area contributed by atoms with Gasteiger partial charge in [-0.1, -0.05) is 38.1 Å². The summed E-state index contributed by atoms with van der Waals surface area (Å²) >= 11 is 0. The van der Waals surface area contributed by atoms with Crippen LogP contribution in [0.4, 0.5) is 0 Å². The molecule has 31 heavy (non-hydrogen) atoms. The predicted octanol–water partition coefficient (Wildman–Crippen LogP) is 4.25. The van der Waals surface area contributed by atoms with Crippen LogP contribution in [-0.4, -0.2) is 33.8 Å². The van der Waals surface area contributed by atoms with E-state index in [0.717, 1.165) is 36.8 Å². The molecule has 0 spiro atoms. The van der Waals surface area contributed by atoms with E-state index in [1.807, 2.05) is 37.3 Å². The number of rotatable bonds is 7. The number of aromatic nitrogens is 3. The molecule has 1 aliphatic rings. The molecule has 6 nitrogen and oxygen atoms in total. The standard InChI is InChI=1S/C25H30N4O2/c1-17(2)19-7-10-23(11-8-19)31-14-13-26-25(30)21-6-4-5-20(15-21)22-9-12-24-28-27-18(3)29(24)16-22/h4-8,10-11,15,17,22H,9,12-14,16H2,1-3H3,(H,26,30)/t22-/m1/s1. The first-order chi connectivity index (χ1) is 15.0. The van der Waals surface area contributed by atoms with Gasteiger partial charge in [0.05, 0.1) is 6.54 Å². The molecule has 2 aromatic carbocycles. The van der Waals surface area contributed by atoms with Crippen LogP contribution < -0.4 is 10.1 Å². The van der Waals surface area contributed by atoms with Gasteiger partial charge in [-0.05, 0) is 54.7 Å². The first kappa shape index (κ1) is 21.1. The van der Waals surface area contributed by atoms with Gasteiger partial charge < -0.3 is 14.6 Å². The van der Waals surface area contributed by atoms with Crippen LogP contribution in [0.1, 0.15) is 65.2 Å². The van der Waals surface area contributed by atoms with Crippen LogP contribution in [0.5, 0.6) is 5.75 Å². The lowest BCUT2D eigenvalue weighted by atomic mass is 9.90. The lowest BCUT2D eigenvalue weighted by Crippen LogP contribution is -2.28. The Morgan fingerprint density at radius 1 is 1.19 bits per heavy atom. The highest BCUT2D eigenvalue weighted by Crippen LogP contribution is 2.29. The molecule has 0 fully saturated rings. The van der Waals surface area contributed by atoms with Crippen molar-refractivity contribution in [2.24, 2.45) is 0 Å². The van der Waals surface area contributed by atoms with Crippen molar-refractivity contribution in [1.29, 1.82) is 0 Å². The van der Waals surface area contributed by atoms with Crippen molar-refractivity contribution in [3.05, 3.63) is 76.9 Å². The summed E-state index contributed by atoms with van der Waals surface area (Å²) in [6.07, 6.45) is 1.93. The van der Waals surface area contributed by atoms with E-state index in [0.29, 0.717) is 30.6 Å². The Hall–Kier alpha value is -3.15. The van der Waals surface area contributed by atoms with E-state index in [9.17, 15) is 4.79 Å². The van der Waals surface area contributed by atoms with Crippen LogP contribution >= 0.6 is 0 Å². The second-order valence-electron chi connectivity index (χ2n) is 8.46. The minimum absolute atomic E-state index is 0.0717. The summed E-state index contributed by atoms with van der Waals surface area (Å²) in [5, 5.41) is 11.4. The van der Waals surface area contributed by atoms with Gasteiger partial charge in [0.15, 0.2) is 0 Å². The predicted molar refractivity (Wildman–Crippen MR) is 121 cm³/mol. The fourth-order valence-electron chi connectivity index (χ4n) is 4.05. The molecule has 0 radical (unpaired) electrons. The molecule has 162 valence electrons. The van der Waals surface area contributed by atoms with Crippen molar-refractivity contribution in [3.63, 3.8) is 0 Å². The third kappa shape index (κ3) is 4.95. The summed E-state index contributed by atoms with van der Waals surface area (Å²) < 4.78 is 7.94. The number of hydrogen-bond donors (Lipinski definition) is 1. The molecule has 1 aromatic heterocycles. The van der Waals surface area contributed by atoms with Crippen molar-refractivity contribution in [1.82, 2.24) is 20.1 Å². The summed E-state index contributed by atoms with van der Waals surface area (Å²) in [6, 6.07) is 16.1. The van der Waals surface area contributed by atoms with Crippen molar-refractivity contribution in [3.8, 4) is 5.75 Å². The molecule has 1 amide bonds. The maximum absolute atomic E-state index is 12.6. The molecule has 0 unspecified atom stereocenters. The summed E-state index contributed by atoms with van der Waals surface area (Å²) in [5.74, 6) is 3.63. The van der Waals surface area contributed by atoms with E-state index in [2.05, 4.69) is 52.1 Å². The van der Waals surface area contributed by atoms with Crippen LogP contribution in [0.25, 0.3) is 0 Å². The molecule has 2 heterocycles. The molecule has 1 aliphatic heterocycles. The van der Waals surface area contributed by atoms with Gasteiger partial charge in [0, 0.05) is 24.4 Å². The Morgan fingerprint density at radius 2 is 2.00 bits per heavy atom. The van der Waals surface area contributed by atoms with Crippen molar-refractivity contribution < 1.29 is 9.53 Å². The highest BCUT2D eigenvalue weighted by molar-refractivity contribution is 5.94. The summed E-state index contributed by atoms with van der Waals surface area (Å²) in [6.45, 7) is 8.09. The minimum atomic E-state index is -0.0717. The fraction of sp³-hybridized carbons (Fsp3) is 0.400. The van der Waals surface area contributed by atoms with Crippen LogP contribution in [0.3, 0.4) is 0 Å². The van der Waals surface area contributed by atoms with E-state index < -0.39 is 0 Å². The summed E-state index contributed by atoms with van der Waals surface area (Å²) in [7, 11) is 0. The Morgan fingerprint density at radius 3 is 2.77 bits per heavy atom. The topological polar surface area (TPSA) is 69.0 Å². The lowest BCUT2D eigenvalue weighted by molar-refractivity contribution is 0.0947. The number of amides is 1. The number of nitrogens with one attached hydrogen (secondary N) is 1. The second-order valence-corrected chi connectivity index (χ2v) is 8.46. The van der Waals surface area contributed by atoms with Crippen molar-refractivity contribution in [2.45, 2.75) is 52.0 Å². The highest BCUT2D eigenvalue weighted by atomic mass is 16.5. The number of nitrogens with zero attached hydrogens (tertiary/aromatic N) is 3. The zero-order chi connectivity index (χ0) is 21.8. The number of aryl methyl sites for hydroxylation is 2. The molecule has 0 saturated carbocycles. The monoisotopic (exact) mass is 418 g/mol. The van der Waals surface area contributed by atoms with Crippen LogP contribution in [0.15, 0.2) is 48.5 Å². The van der Waals surface area contributed by atoms with Gasteiger partial charge in [0.2, 0.25) is 0 Å². The first-order valence-corrected chi connectivity index (χ1v) is 11.0. The van der Waals surface area contributed by atoms with Gasteiger partial charge >= 0.3 is 0 Å². The number of hydrogen-bond acceptors (Lipinski definition) is 4. The maximum Gasteiger partial charge on any atom is 0.251 e. The van der Waals surface area contributed by atoms with Crippen LogP contribution in [0.2, 0.25) is 0 Å².